The standard InChI is InChI=1S/C18H27N3O2/c1-4-12-21(3)14-10-8-13(9-11-14)17(22)20-16-7-5-6-15(16)18(23)19-2/h8-11,15-16H,4-7,12H2,1-3H3,(H,19,23)(H,20,22). The van der Waals surface area contributed by atoms with E-state index in [4.69, 9.17) is 0 Å². The lowest BCUT2D eigenvalue weighted by Crippen LogP contribution is -2.43. The van der Waals surface area contributed by atoms with Crippen molar-refractivity contribution in [3.05, 3.63) is 29.8 Å². The van der Waals surface area contributed by atoms with Gasteiger partial charge in [0.25, 0.3) is 5.91 Å². The second-order valence-electron chi connectivity index (χ2n) is 6.20. The summed E-state index contributed by atoms with van der Waals surface area (Å²) in [6, 6.07) is 7.57. The van der Waals surface area contributed by atoms with E-state index in [1.807, 2.05) is 31.3 Å². The Balaban J connectivity index is 1.99. The lowest BCUT2D eigenvalue weighted by molar-refractivity contribution is -0.124. The summed E-state index contributed by atoms with van der Waals surface area (Å²) in [6.07, 6.45) is 3.76. The molecule has 0 bridgehead atoms. The number of nitrogens with one attached hydrogen (secondary N) is 2. The molecule has 0 saturated heterocycles. The maximum Gasteiger partial charge on any atom is 0.251 e. The number of amides is 2. The molecular formula is C18H27N3O2. The quantitative estimate of drug-likeness (QED) is 0.845. The normalized spacial score (nSPS) is 20.1. The predicted octanol–water partition coefficient (Wildman–Crippen LogP) is 2.18. The molecule has 2 rings (SSSR count). The van der Waals surface area contributed by atoms with E-state index < -0.39 is 0 Å². The topological polar surface area (TPSA) is 61.4 Å². The van der Waals surface area contributed by atoms with E-state index in [9.17, 15) is 9.59 Å². The number of rotatable bonds is 6. The number of nitrogens with zero attached hydrogens (tertiary/aromatic N) is 1. The van der Waals surface area contributed by atoms with Crippen LogP contribution in [0.3, 0.4) is 0 Å². The smallest absolute Gasteiger partial charge is 0.251 e. The Labute approximate surface area is 138 Å². The van der Waals surface area contributed by atoms with Crippen LogP contribution >= 0.6 is 0 Å². The molecule has 1 aliphatic rings. The lowest BCUT2D eigenvalue weighted by atomic mass is 10.0. The van der Waals surface area contributed by atoms with E-state index in [1.54, 1.807) is 7.05 Å². The highest BCUT2D eigenvalue weighted by Crippen LogP contribution is 2.26. The highest BCUT2D eigenvalue weighted by molar-refractivity contribution is 5.95. The van der Waals surface area contributed by atoms with Crippen LogP contribution < -0.4 is 15.5 Å². The Hall–Kier alpha value is -2.04. The third-order valence-electron chi connectivity index (χ3n) is 4.54. The van der Waals surface area contributed by atoms with Gasteiger partial charge in [0, 0.05) is 37.9 Å². The number of hydrogen-bond donors (Lipinski definition) is 2. The third-order valence-corrected chi connectivity index (χ3v) is 4.54. The molecule has 23 heavy (non-hydrogen) atoms. The van der Waals surface area contributed by atoms with Gasteiger partial charge in [0.2, 0.25) is 5.91 Å². The Morgan fingerprint density at radius 2 is 1.91 bits per heavy atom. The van der Waals surface area contributed by atoms with Gasteiger partial charge in [0.15, 0.2) is 0 Å². The van der Waals surface area contributed by atoms with Gasteiger partial charge in [-0.2, -0.15) is 0 Å². The van der Waals surface area contributed by atoms with E-state index in [2.05, 4.69) is 22.5 Å². The minimum Gasteiger partial charge on any atom is -0.375 e. The molecule has 2 N–H and O–H groups in total. The van der Waals surface area contributed by atoms with Gasteiger partial charge in [-0.05, 0) is 43.5 Å². The van der Waals surface area contributed by atoms with Crippen LogP contribution in [-0.4, -0.2) is 38.5 Å². The summed E-state index contributed by atoms with van der Waals surface area (Å²) in [5.41, 5.74) is 1.74. The highest BCUT2D eigenvalue weighted by atomic mass is 16.2. The Morgan fingerprint density at radius 1 is 1.22 bits per heavy atom. The van der Waals surface area contributed by atoms with Crippen LogP contribution in [0.1, 0.15) is 43.0 Å². The first-order chi connectivity index (χ1) is 11.1. The zero-order valence-corrected chi connectivity index (χ0v) is 14.3. The summed E-state index contributed by atoms with van der Waals surface area (Å²) >= 11 is 0. The molecular weight excluding hydrogens is 290 g/mol. The van der Waals surface area contributed by atoms with Gasteiger partial charge in [0.1, 0.15) is 0 Å². The molecule has 1 saturated carbocycles. The zero-order valence-electron chi connectivity index (χ0n) is 14.3. The van der Waals surface area contributed by atoms with Crippen LogP contribution in [0, 0.1) is 5.92 Å². The highest BCUT2D eigenvalue weighted by Gasteiger charge is 2.33. The van der Waals surface area contributed by atoms with Crippen molar-refractivity contribution in [1.82, 2.24) is 10.6 Å². The van der Waals surface area contributed by atoms with Crippen molar-refractivity contribution in [2.24, 2.45) is 5.92 Å². The Bertz CT molecular complexity index is 542. The fourth-order valence-electron chi connectivity index (χ4n) is 3.22. The number of carbonyl (C=O) groups is 2. The summed E-state index contributed by atoms with van der Waals surface area (Å²) in [7, 11) is 3.69. The molecule has 1 aliphatic carbocycles. The zero-order chi connectivity index (χ0) is 16.8. The summed E-state index contributed by atoms with van der Waals surface area (Å²) in [4.78, 5) is 26.4. The van der Waals surface area contributed by atoms with Gasteiger partial charge in [-0.15, -0.1) is 0 Å². The van der Waals surface area contributed by atoms with Gasteiger partial charge < -0.3 is 15.5 Å². The van der Waals surface area contributed by atoms with Gasteiger partial charge in [-0.3, -0.25) is 9.59 Å². The van der Waals surface area contributed by atoms with E-state index in [-0.39, 0.29) is 23.8 Å². The maximum absolute atomic E-state index is 12.4. The molecule has 126 valence electrons. The fraction of sp³-hybridized carbons (Fsp3) is 0.556. The molecule has 1 aromatic carbocycles. The average molecular weight is 317 g/mol. The first-order valence-electron chi connectivity index (χ1n) is 8.40. The third kappa shape index (κ3) is 4.24. The van der Waals surface area contributed by atoms with Gasteiger partial charge in [0.05, 0.1) is 5.92 Å². The van der Waals surface area contributed by atoms with Crippen LogP contribution in [0.25, 0.3) is 0 Å². The minimum atomic E-state index is -0.112. The Morgan fingerprint density at radius 3 is 2.52 bits per heavy atom. The molecule has 0 spiro atoms. The molecule has 5 heteroatoms. The molecule has 1 fully saturated rings. The molecule has 2 atom stereocenters. The predicted molar refractivity (Wildman–Crippen MR) is 92.7 cm³/mol. The van der Waals surface area contributed by atoms with Gasteiger partial charge in [-0.25, -0.2) is 0 Å². The maximum atomic E-state index is 12.4. The van der Waals surface area contributed by atoms with Gasteiger partial charge >= 0.3 is 0 Å². The molecule has 5 nitrogen and oxygen atoms in total. The van der Waals surface area contributed by atoms with Crippen LogP contribution in [0.2, 0.25) is 0 Å². The van der Waals surface area contributed by atoms with Crippen molar-refractivity contribution in [2.75, 3.05) is 25.5 Å². The van der Waals surface area contributed by atoms with Crippen LogP contribution in [0.5, 0.6) is 0 Å². The largest absolute Gasteiger partial charge is 0.375 e. The number of carbonyl (C=O) groups excluding carboxylic acids is 2. The van der Waals surface area contributed by atoms with Crippen molar-refractivity contribution in [3.8, 4) is 0 Å². The first-order valence-corrected chi connectivity index (χ1v) is 8.40. The average Bonchev–Trinajstić information content (AvgIpc) is 3.02. The van der Waals surface area contributed by atoms with Crippen LogP contribution in [0.4, 0.5) is 5.69 Å². The molecule has 0 aliphatic heterocycles. The summed E-state index contributed by atoms with van der Waals surface area (Å²) in [6.45, 7) is 3.13. The number of anilines is 1. The second kappa shape index (κ2) is 7.99. The van der Waals surface area contributed by atoms with Crippen LogP contribution in [0.15, 0.2) is 24.3 Å². The van der Waals surface area contributed by atoms with Crippen molar-refractivity contribution < 1.29 is 9.59 Å². The van der Waals surface area contributed by atoms with E-state index >= 15 is 0 Å². The Kier molecular flexibility index (Phi) is 6.02. The van der Waals surface area contributed by atoms with Crippen LogP contribution in [-0.2, 0) is 4.79 Å². The molecule has 0 aromatic heterocycles. The second-order valence-corrected chi connectivity index (χ2v) is 6.20. The summed E-state index contributed by atoms with van der Waals surface area (Å²) in [5, 5.41) is 5.71. The van der Waals surface area contributed by atoms with E-state index in [0.29, 0.717) is 5.56 Å². The molecule has 2 unspecified atom stereocenters. The van der Waals surface area contributed by atoms with Crippen molar-refractivity contribution in [2.45, 2.75) is 38.6 Å². The number of benzene rings is 1. The van der Waals surface area contributed by atoms with Crippen molar-refractivity contribution in [3.63, 3.8) is 0 Å². The molecule has 2 amide bonds. The van der Waals surface area contributed by atoms with Crippen molar-refractivity contribution >= 4 is 17.5 Å². The first kappa shape index (κ1) is 17.3. The SMILES string of the molecule is CCCN(C)c1ccc(C(=O)NC2CCCC2C(=O)NC)cc1. The molecule has 0 radical (unpaired) electrons. The fourth-order valence-corrected chi connectivity index (χ4v) is 3.22. The van der Waals surface area contributed by atoms with E-state index in [1.165, 1.54) is 0 Å². The van der Waals surface area contributed by atoms with Crippen molar-refractivity contribution in [1.29, 1.82) is 0 Å². The van der Waals surface area contributed by atoms with Gasteiger partial charge in [-0.1, -0.05) is 13.3 Å². The number of hydrogen-bond acceptors (Lipinski definition) is 3. The minimum absolute atomic E-state index is 0.0179. The van der Waals surface area contributed by atoms with E-state index in [0.717, 1.165) is 37.9 Å². The lowest BCUT2D eigenvalue weighted by Gasteiger charge is -2.21. The monoisotopic (exact) mass is 317 g/mol. The molecule has 1 aromatic rings. The summed E-state index contributed by atoms with van der Waals surface area (Å²) < 4.78 is 0. The summed E-state index contributed by atoms with van der Waals surface area (Å²) in [5.74, 6) is -0.196. The molecule has 0 heterocycles.